The Hall–Kier alpha value is -1.76. The molecule has 1 aliphatic rings. The number of nitrogens with one attached hydrogen (secondary N) is 1. The Morgan fingerprint density at radius 3 is 2.72 bits per heavy atom. The van der Waals surface area contributed by atoms with E-state index in [1.165, 1.54) is 17.5 Å². The predicted octanol–water partition coefficient (Wildman–Crippen LogP) is 3.62. The van der Waals surface area contributed by atoms with E-state index in [9.17, 15) is 5.11 Å². The number of anilines is 1. The molecule has 4 rings (SSSR count). The lowest BCUT2D eigenvalue weighted by molar-refractivity contribution is 0.221. The van der Waals surface area contributed by atoms with Crippen molar-refractivity contribution in [3.63, 3.8) is 0 Å². The van der Waals surface area contributed by atoms with Crippen LogP contribution in [0, 0.1) is 0 Å². The van der Waals surface area contributed by atoms with Crippen molar-refractivity contribution in [2.45, 2.75) is 44.4 Å². The Bertz CT molecular complexity index is 884. The maximum atomic E-state index is 9.46. The number of thiophene rings is 1. The molecule has 6 heteroatoms. The summed E-state index contributed by atoms with van der Waals surface area (Å²) < 4.78 is 1.19. The van der Waals surface area contributed by atoms with Gasteiger partial charge in [-0.1, -0.05) is 6.07 Å². The molecule has 1 fully saturated rings. The Balaban J connectivity index is 1.65. The molecule has 0 saturated heterocycles. The fourth-order valence-electron chi connectivity index (χ4n) is 3.79. The number of nitrogens with zero attached hydrogens (tertiary/aromatic N) is 3. The molecule has 0 aliphatic heterocycles. The minimum absolute atomic E-state index is 0.0539. The van der Waals surface area contributed by atoms with Crippen molar-refractivity contribution in [2.24, 2.45) is 0 Å². The number of aliphatic hydroxyl groups is 1. The molecule has 25 heavy (non-hydrogen) atoms. The third-order valence-electron chi connectivity index (χ3n) is 5.28. The summed E-state index contributed by atoms with van der Waals surface area (Å²) in [5, 5.41) is 15.4. The van der Waals surface area contributed by atoms with Crippen LogP contribution in [0.3, 0.4) is 0 Å². The third-order valence-corrected chi connectivity index (χ3v) is 6.36. The SMILES string of the molecule is CN(C)[C@H]1CC[C@H](Nc2ncnc3sc4ccc(CO)cc4c23)CC1. The zero-order valence-electron chi connectivity index (χ0n) is 14.7. The molecule has 0 bridgehead atoms. The summed E-state index contributed by atoms with van der Waals surface area (Å²) in [7, 11) is 4.34. The molecule has 3 aromatic rings. The van der Waals surface area contributed by atoms with Crippen LogP contribution in [0.15, 0.2) is 24.5 Å². The van der Waals surface area contributed by atoms with Crippen LogP contribution in [0.25, 0.3) is 20.3 Å². The Kier molecular flexibility index (Phi) is 4.58. The molecule has 2 N–H and O–H groups in total. The van der Waals surface area contributed by atoms with E-state index in [0.717, 1.165) is 39.8 Å². The number of hydrogen-bond donors (Lipinski definition) is 2. The molecule has 0 unspecified atom stereocenters. The van der Waals surface area contributed by atoms with Gasteiger partial charge in [0.2, 0.25) is 0 Å². The van der Waals surface area contributed by atoms with Gasteiger partial charge in [-0.05, 0) is 57.5 Å². The standard InChI is InChI=1S/C19H24N4OS/c1-23(2)14-6-4-13(5-7-14)22-18-17-15-9-12(10-24)3-8-16(15)25-19(17)21-11-20-18/h3,8-9,11,13-14,24H,4-7,10H2,1-2H3,(H,20,21,22)/t13-,14-. The van der Waals surface area contributed by atoms with Crippen molar-refractivity contribution in [3.8, 4) is 0 Å². The van der Waals surface area contributed by atoms with Crippen LogP contribution < -0.4 is 5.32 Å². The van der Waals surface area contributed by atoms with Crippen molar-refractivity contribution in [2.75, 3.05) is 19.4 Å². The van der Waals surface area contributed by atoms with Gasteiger partial charge in [0.1, 0.15) is 17.0 Å². The van der Waals surface area contributed by atoms with Crippen LogP contribution in [0.2, 0.25) is 0 Å². The Labute approximate surface area is 151 Å². The first-order valence-corrected chi connectivity index (χ1v) is 9.67. The lowest BCUT2D eigenvalue weighted by Gasteiger charge is -2.33. The summed E-state index contributed by atoms with van der Waals surface area (Å²) in [6.45, 7) is 0.0539. The van der Waals surface area contributed by atoms with Gasteiger partial charge in [-0.3, -0.25) is 0 Å². The molecule has 1 aliphatic carbocycles. The van der Waals surface area contributed by atoms with Gasteiger partial charge in [0.25, 0.3) is 0 Å². The highest BCUT2D eigenvalue weighted by Gasteiger charge is 2.23. The molecule has 2 heterocycles. The summed E-state index contributed by atoms with van der Waals surface area (Å²) in [5.74, 6) is 0.930. The normalized spacial score (nSPS) is 21.3. The van der Waals surface area contributed by atoms with Gasteiger partial charge >= 0.3 is 0 Å². The second kappa shape index (κ2) is 6.86. The van der Waals surface area contributed by atoms with E-state index in [1.807, 2.05) is 6.07 Å². The first kappa shape index (κ1) is 16.7. The monoisotopic (exact) mass is 356 g/mol. The molecule has 2 aromatic heterocycles. The van der Waals surface area contributed by atoms with Gasteiger partial charge < -0.3 is 15.3 Å². The summed E-state index contributed by atoms with van der Waals surface area (Å²) in [5.41, 5.74) is 0.925. The molecule has 1 aromatic carbocycles. The lowest BCUT2D eigenvalue weighted by Crippen LogP contribution is -2.36. The predicted molar refractivity (Wildman–Crippen MR) is 104 cm³/mol. The van der Waals surface area contributed by atoms with Crippen molar-refractivity contribution < 1.29 is 5.11 Å². The summed E-state index contributed by atoms with van der Waals surface area (Å²) in [4.78, 5) is 12.3. The number of rotatable bonds is 4. The number of aromatic nitrogens is 2. The van der Waals surface area contributed by atoms with Crippen LogP contribution >= 0.6 is 11.3 Å². The van der Waals surface area contributed by atoms with Gasteiger partial charge in [-0.2, -0.15) is 0 Å². The van der Waals surface area contributed by atoms with Gasteiger partial charge in [0.15, 0.2) is 0 Å². The molecule has 0 radical (unpaired) electrons. The third kappa shape index (κ3) is 3.21. The fourth-order valence-corrected chi connectivity index (χ4v) is 4.82. The molecule has 132 valence electrons. The number of hydrogen-bond acceptors (Lipinski definition) is 6. The van der Waals surface area contributed by atoms with Gasteiger partial charge in [-0.25, -0.2) is 9.97 Å². The van der Waals surface area contributed by atoms with E-state index in [2.05, 4.69) is 46.4 Å². The van der Waals surface area contributed by atoms with E-state index in [0.29, 0.717) is 12.1 Å². The van der Waals surface area contributed by atoms with Gasteiger partial charge in [-0.15, -0.1) is 11.3 Å². The van der Waals surface area contributed by atoms with E-state index in [1.54, 1.807) is 17.7 Å². The maximum absolute atomic E-state index is 9.46. The summed E-state index contributed by atoms with van der Waals surface area (Å²) in [6.07, 6.45) is 6.42. The van der Waals surface area contributed by atoms with E-state index in [-0.39, 0.29) is 6.61 Å². The van der Waals surface area contributed by atoms with Crippen molar-refractivity contribution in [1.82, 2.24) is 14.9 Å². The fraction of sp³-hybridized carbons (Fsp3) is 0.474. The Morgan fingerprint density at radius 2 is 2.00 bits per heavy atom. The Morgan fingerprint density at radius 1 is 1.20 bits per heavy atom. The quantitative estimate of drug-likeness (QED) is 0.748. The molecular weight excluding hydrogens is 332 g/mol. The van der Waals surface area contributed by atoms with Crippen LogP contribution in [0.4, 0.5) is 5.82 Å². The highest BCUT2D eigenvalue weighted by Crippen LogP contribution is 2.37. The van der Waals surface area contributed by atoms with E-state index < -0.39 is 0 Å². The zero-order valence-corrected chi connectivity index (χ0v) is 15.5. The second-order valence-corrected chi connectivity index (χ2v) is 8.14. The minimum Gasteiger partial charge on any atom is -0.392 e. The van der Waals surface area contributed by atoms with Crippen molar-refractivity contribution in [3.05, 3.63) is 30.1 Å². The number of aliphatic hydroxyl groups excluding tert-OH is 1. The molecular formula is C19H24N4OS. The van der Waals surface area contributed by atoms with Crippen molar-refractivity contribution >= 4 is 37.5 Å². The zero-order chi connectivity index (χ0) is 17.4. The smallest absolute Gasteiger partial charge is 0.139 e. The minimum atomic E-state index is 0.0539. The first-order chi connectivity index (χ1) is 12.2. The lowest BCUT2D eigenvalue weighted by atomic mass is 9.90. The van der Waals surface area contributed by atoms with Crippen LogP contribution in [0.1, 0.15) is 31.2 Å². The van der Waals surface area contributed by atoms with Crippen LogP contribution in [0.5, 0.6) is 0 Å². The number of benzene rings is 1. The summed E-state index contributed by atoms with van der Waals surface area (Å²) in [6, 6.07) is 7.26. The van der Waals surface area contributed by atoms with E-state index in [4.69, 9.17) is 0 Å². The molecule has 0 amide bonds. The maximum Gasteiger partial charge on any atom is 0.139 e. The summed E-state index contributed by atoms with van der Waals surface area (Å²) >= 11 is 1.68. The topological polar surface area (TPSA) is 61.3 Å². The molecule has 1 saturated carbocycles. The van der Waals surface area contributed by atoms with Crippen LogP contribution in [-0.4, -0.2) is 46.2 Å². The molecule has 0 spiro atoms. The van der Waals surface area contributed by atoms with Gasteiger partial charge in [0.05, 0.1) is 12.0 Å². The molecule has 5 nitrogen and oxygen atoms in total. The highest BCUT2D eigenvalue weighted by molar-refractivity contribution is 7.25. The average molecular weight is 356 g/mol. The van der Waals surface area contributed by atoms with E-state index >= 15 is 0 Å². The van der Waals surface area contributed by atoms with Crippen LogP contribution in [-0.2, 0) is 6.61 Å². The van der Waals surface area contributed by atoms with Gasteiger partial charge in [0, 0.05) is 22.2 Å². The second-order valence-electron chi connectivity index (χ2n) is 7.11. The number of fused-ring (bicyclic) bond motifs is 3. The largest absolute Gasteiger partial charge is 0.392 e. The molecule has 0 atom stereocenters. The first-order valence-electron chi connectivity index (χ1n) is 8.85. The van der Waals surface area contributed by atoms with Crippen molar-refractivity contribution in [1.29, 1.82) is 0 Å². The highest BCUT2D eigenvalue weighted by atomic mass is 32.1. The average Bonchev–Trinajstić information content (AvgIpc) is 3.00.